The van der Waals surface area contributed by atoms with Crippen LogP contribution in [0.1, 0.15) is 64.7 Å². The van der Waals surface area contributed by atoms with Crippen molar-refractivity contribution < 1.29 is 19.1 Å². The van der Waals surface area contributed by atoms with Gasteiger partial charge in [0.05, 0.1) is 7.11 Å². The van der Waals surface area contributed by atoms with E-state index in [1.54, 1.807) is 26.2 Å². The molecule has 0 aliphatic carbocycles. The maximum Gasteiger partial charge on any atom is 0.246 e. The van der Waals surface area contributed by atoms with E-state index < -0.39 is 6.04 Å². The van der Waals surface area contributed by atoms with Crippen LogP contribution in [0, 0.1) is 0 Å². The van der Waals surface area contributed by atoms with Gasteiger partial charge in [0.25, 0.3) is 0 Å². The van der Waals surface area contributed by atoms with Crippen LogP contribution < -0.4 is 15.4 Å². The predicted octanol–water partition coefficient (Wildman–Crippen LogP) is 3.53. The maximum absolute atomic E-state index is 12.9. The van der Waals surface area contributed by atoms with Gasteiger partial charge in [-0.25, -0.2) is 0 Å². The van der Waals surface area contributed by atoms with Crippen molar-refractivity contribution in [3.05, 3.63) is 24.3 Å². The Morgan fingerprint density at radius 3 is 2.55 bits per heavy atom. The molecule has 7 nitrogen and oxygen atoms in total. The molecule has 1 aliphatic rings. The summed E-state index contributed by atoms with van der Waals surface area (Å²) in [5, 5.41) is 5.82. The second-order valence-electron chi connectivity index (χ2n) is 8.29. The van der Waals surface area contributed by atoms with E-state index in [9.17, 15) is 14.4 Å². The number of methoxy groups -OCH3 is 1. The molecule has 0 aromatic heterocycles. The van der Waals surface area contributed by atoms with Gasteiger partial charge in [-0.2, -0.15) is 0 Å². The number of carbonyl (C=O) groups is 3. The number of amides is 2. The van der Waals surface area contributed by atoms with Crippen molar-refractivity contribution in [2.24, 2.45) is 0 Å². The molecule has 2 amide bonds. The van der Waals surface area contributed by atoms with Crippen LogP contribution >= 0.6 is 0 Å². The molecule has 172 valence electrons. The topological polar surface area (TPSA) is 87.7 Å². The molecular weight excluding hydrogens is 394 g/mol. The number of nitrogens with zero attached hydrogens (tertiary/aromatic N) is 1. The quantitative estimate of drug-likeness (QED) is 0.467. The monoisotopic (exact) mass is 431 g/mol. The zero-order valence-corrected chi connectivity index (χ0v) is 19.0. The Hall–Kier alpha value is -2.41. The van der Waals surface area contributed by atoms with E-state index in [4.69, 9.17) is 4.74 Å². The highest BCUT2D eigenvalue weighted by atomic mass is 16.5. The van der Waals surface area contributed by atoms with Crippen LogP contribution in [-0.2, 0) is 14.4 Å². The Kier molecular flexibility index (Phi) is 11.1. The van der Waals surface area contributed by atoms with E-state index in [-0.39, 0.29) is 17.6 Å². The SMILES string of the molecule is COc1cccc(NC(=O)[C@H](CCCCCC(C)=O)NC(=O)CCN2CCCCC2)c1. The summed E-state index contributed by atoms with van der Waals surface area (Å²) in [6.45, 7) is 4.41. The molecule has 2 rings (SSSR count). The molecule has 1 heterocycles. The maximum atomic E-state index is 12.9. The Morgan fingerprint density at radius 1 is 1.06 bits per heavy atom. The number of Topliss-reactive ketones (excluding diaryl/α,β-unsaturated/α-hetero) is 1. The standard InChI is InChI=1S/C24H37N3O4/c1-19(28)10-5-3-6-13-22(24(30)25-20-11-9-12-21(18-20)31-2)26-23(29)14-17-27-15-7-4-8-16-27/h9,11-12,18,22H,3-8,10,13-17H2,1-2H3,(H,25,30)(H,26,29)/t22-/m0/s1. The summed E-state index contributed by atoms with van der Waals surface area (Å²) in [5.74, 6) is 0.508. The van der Waals surface area contributed by atoms with Crippen molar-refractivity contribution in [2.75, 3.05) is 32.1 Å². The molecule has 0 saturated carbocycles. The summed E-state index contributed by atoms with van der Waals surface area (Å²) >= 11 is 0. The number of rotatable bonds is 13. The molecule has 1 saturated heterocycles. The van der Waals surface area contributed by atoms with E-state index in [1.165, 1.54) is 19.3 Å². The highest BCUT2D eigenvalue weighted by molar-refractivity contribution is 5.97. The molecule has 1 aromatic rings. The van der Waals surface area contributed by atoms with E-state index in [0.717, 1.165) is 38.9 Å². The van der Waals surface area contributed by atoms with Gasteiger partial charge in [0.15, 0.2) is 0 Å². The highest BCUT2D eigenvalue weighted by Gasteiger charge is 2.21. The fourth-order valence-corrected chi connectivity index (χ4v) is 3.81. The first-order valence-corrected chi connectivity index (χ1v) is 11.4. The van der Waals surface area contributed by atoms with Crippen molar-refractivity contribution >= 4 is 23.3 Å². The average Bonchev–Trinajstić information content (AvgIpc) is 2.77. The zero-order chi connectivity index (χ0) is 22.5. The minimum Gasteiger partial charge on any atom is -0.497 e. The Balaban J connectivity index is 1.89. The number of anilines is 1. The van der Waals surface area contributed by atoms with Gasteiger partial charge in [-0.3, -0.25) is 9.59 Å². The molecule has 0 unspecified atom stereocenters. The summed E-state index contributed by atoms with van der Waals surface area (Å²) in [5.41, 5.74) is 0.633. The predicted molar refractivity (Wildman–Crippen MR) is 122 cm³/mol. The smallest absolute Gasteiger partial charge is 0.246 e. The Bertz CT molecular complexity index is 717. The molecule has 1 aliphatic heterocycles. The molecule has 1 atom stereocenters. The molecule has 31 heavy (non-hydrogen) atoms. The number of benzene rings is 1. The van der Waals surface area contributed by atoms with Crippen LogP contribution in [0.3, 0.4) is 0 Å². The third-order valence-corrected chi connectivity index (χ3v) is 5.61. The van der Waals surface area contributed by atoms with Crippen LogP contribution in [0.25, 0.3) is 0 Å². The van der Waals surface area contributed by atoms with Gasteiger partial charge in [0, 0.05) is 31.1 Å². The summed E-state index contributed by atoms with van der Waals surface area (Å²) in [6, 6.07) is 6.56. The highest BCUT2D eigenvalue weighted by Crippen LogP contribution is 2.17. The number of hydrogen-bond donors (Lipinski definition) is 2. The van der Waals surface area contributed by atoms with Crippen LogP contribution in [0.2, 0.25) is 0 Å². The fourth-order valence-electron chi connectivity index (χ4n) is 3.81. The lowest BCUT2D eigenvalue weighted by Crippen LogP contribution is -2.45. The van der Waals surface area contributed by atoms with Gasteiger partial charge in [-0.15, -0.1) is 0 Å². The van der Waals surface area contributed by atoms with Crippen LogP contribution in [0.15, 0.2) is 24.3 Å². The van der Waals surface area contributed by atoms with Crippen molar-refractivity contribution in [1.29, 1.82) is 0 Å². The van der Waals surface area contributed by atoms with Crippen LogP contribution in [0.5, 0.6) is 5.75 Å². The molecular formula is C24H37N3O4. The number of likely N-dealkylation sites (tertiary alicyclic amines) is 1. The van der Waals surface area contributed by atoms with Gasteiger partial charge in [0.2, 0.25) is 11.8 Å². The summed E-state index contributed by atoms with van der Waals surface area (Å²) in [6.07, 6.45) is 7.57. The summed E-state index contributed by atoms with van der Waals surface area (Å²) in [4.78, 5) is 38.9. The second-order valence-corrected chi connectivity index (χ2v) is 8.29. The number of unbranched alkanes of at least 4 members (excludes halogenated alkanes) is 2. The third kappa shape index (κ3) is 9.96. The first kappa shape index (κ1) is 24.9. The molecule has 0 spiro atoms. The minimum absolute atomic E-state index is 0.0971. The number of ether oxygens (including phenoxy) is 1. The largest absolute Gasteiger partial charge is 0.497 e. The van der Waals surface area contributed by atoms with Gasteiger partial charge in [0.1, 0.15) is 17.6 Å². The van der Waals surface area contributed by atoms with E-state index in [2.05, 4.69) is 15.5 Å². The summed E-state index contributed by atoms with van der Waals surface area (Å²) in [7, 11) is 1.58. The second kappa shape index (κ2) is 13.8. The Labute approximate surface area is 185 Å². The Morgan fingerprint density at radius 2 is 1.84 bits per heavy atom. The average molecular weight is 432 g/mol. The zero-order valence-electron chi connectivity index (χ0n) is 19.0. The lowest BCUT2D eigenvalue weighted by molar-refractivity contribution is -0.126. The molecule has 0 bridgehead atoms. The van der Waals surface area contributed by atoms with Crippen LogP contribution in [0.4, 0.5) is 5.69 Å². The van der Waals surface area contributed by atoms with Crippen molar-refractivity contribution in [3.63, 3.8) is 0 Å². The van der Waals surface area contributed by atoms with Crippen molar-refractivity contribution in [3.8, 4) is 5.75 Å². The third-order valence-electron chi connectivity index (χ3n) is 5.61. The number of nitrogens with one attached hydrogen (secondary N) is 2. The molecule has 1 aromatic carbocycles. The van der Waals surface area contributed by atoms with E-state index in [0.29, 0.717) is 30.7 Å². The first-order chi connectivity index (χ1) is 15.0. The van der Waals surface area contributed by atoms with E-state index in [1.807, 2.05) is 12.1 Å². The summed E-state index contributed by atoms with van der Waals surface area (Å²) < 4.78 is 5.21. The lowest BCUT2D eigenvalue weighted by atomic mass is 10.0. The number of carbonyl (C=O) groups excluding carboxylic acids is 3. The molecule has 0 radical (unpaired) electrons. The number of ketones is 1. The molecule has 1 fully saturated rings. The minimum atomic E-state index is -0.600. The van der Waals surface area contributed by atoms with Gasteiger partial charge in [-0.05, 0) is 57.8 Å². The van der Waals surface area contributed by atoms with E-state index >= 15 is 0 Å². The molecule has 7 heteroatoms. The van der Waals surface area contributed by atoms with Crippen LogP contribution in [-0.4, -0.2) is 55.3 Å². The van der Waals surface area contributed by atoms with Gasteiger partial charge in [-0.1, -0.05) is 25.3 Å². The fraction of sp³-hybridized carbons (Fsp3) is 0.625. The van der Waals surface area contributed by atoms with Gasteiger partial charge >= 0.3 is 0 Å². The van der Waals surface area contributed by atoms with Crippen molar-refractivity contribution in [2.45, 2.75) is 70.8 Å². The number of hydrogen-bond acceptors (Lipinski definition) is 5. The van der Waals surface area contributed by atoms with Crippen molar-refractivity contribution in [1.82, 2.24) is 10.2 Å². The number of piperidine rings is 1. The lowest BCUT2D eigenvalue weighted by Gasteiger charge is -2.26. The normalized spacial score (nSPS) is 15.2. The molecule has 2 N–H and O–H groups in total. The van der Waals surface area contributed by atoms with Gasteiger partial charge < -0.3 is 25.1 Å². The first-order valence-electron chi connectivity index (χ1n) is 11.4.